The number of benzene rings is 1. The van der Waals surface area contributed by atoms with Crippen LogP contribution in [0.1, 0.15) is 22.7 Å². The van der Waals surface area contributed by atoms with Gasteiger partial charge in [0.05, 0.1) is 12.8 Å². The fourth-order valence-electron chi connectivity index (χ4n) is 3.86. The van der Waals surface area contributed by atoms with Gasteiger partial charge in [-0.3, -0.25) is 5.32 Å². The molecule has 0 saturated carbocycles. The minimum atomic E-state index is -0.674. The Morgan fingerprint density at radius 3 is 2.47 bits per heavy atom. The summed E-state index contributed by atoms with van der Waals surface area (Å²) in [5, 5.41) is 7.15. The SMILES string of the molecule is COc1cc(CN(C)C)cc(OCCOC(=O)Nc2cc(-n3nc(C)cc3C)nc(-c3ccc(C)o3)n2)c1. The maximum Gasteiger partial charge on any atom is 0.412 e. The van der Waals surface area contributed by atoms with Gasteiger partial charge < -0.3 is 23.5 Å². The van der Waals surface area contributed by atoms with Crippen LogP contribution < -0.4 is 14.8 Å². The first-order valence-corrected chi connectivity index (χ1v) is 12.1. The second kappa shape index (κ2) is 11.8. The molecule has 1 amide bonds. The second-order valence-electron chi connectivity index (χ2n) is 9.05. The Balaban J connectivity index is 1.42. The summed E-state index contributed by atoms with van der Waals surface area (Å²) < 4.78 is 23.9. The van der Waals surface area contributed by atoms with Gasteiger partial charge in [-0.05, 0) is 70.8 Å². The van der Waals surface area contributed by atoms with E-state index in [1.165, 1.54) is 0 Å². The normalized spacial score (nSPS) is 11.0. The third-order valence-corrected chi connectivity index (χ3v) is 5.39. The second-order valence-corrected chi connectivity index (χ2v) is 9.05. The quantitative estimate of drug-likeness (QED) is 0.301. The fourth-order valence-corrected chi connectivity index (χ4v) is 3.86. The number of methoxy groups -OCH3 is 1. The van der Waals surface area contributed by atoms with Gasteiger partial charge in [-0.15, -0.1) is 0 Å². The van der Waals surface area contributed by atoms with Crippen LogP contribution in [0.5, 0.6) is 11.5 Å². The summed E-state index contributed by atoms with van der Waals surface area (Å²) in [7, 11) is 5.59. The Labute approximate surface area is 221 Å². The van der Waals surface area contributed by atoms with E-state index in [1.807, 2.05) is 59.1 Å². The van der Waals surface area contributed by atoms with Crippen molar-refractivity contribution in [1.82, 2.24) is 24.6 Å². The molecule has 0 saturated heterocycles. The van der Waals surface area contributed by atoms with Crippen LogP contribution in [0.15, 0.2) is 46.9 Å². The van der Waals surface area contributed by atoms with Crippen LogP contribution in [-0.2, 0) is 11.3 Å². The first kappa shape index (κ1) is 26.7. The van der Waals surface area contributed by atoms with Crippen LogP contribution in [0.2, 0.25) is 0 Å². The molecule has 0 aliphatic heterocycles. The van der Waals surface area contributed by atoms with Crippen molar-refractivity contribution in [3.8, 4) is 28.9 Å². The van der Waals surface area contributed by atoms with Gasteiger partial charge in [0.25, 0.3) is 0 Å². The number of hydrogen-bond donors (Lipinski definition) is 1. The summed E-state index contributed by atoms with van der Waals surface area (Å²) in [6.45, 7) is 6.60. The summed E-state index contributed by atoms with van der Waals surface area (Å²) in [5.41, 5.74) is 2.78. The number of carbonyl (C=O) groups excluding carboxylic acids is 1. The van der Waals surface area contributed by atoms with Crippen LogP contribution in [0.25, 0.3) is 17.4 Å². The number of nitrogens with zero attached hydrogens (tertiary/aromatic N) is 5. The van der Waals surface area contributed by atoms with Gasteiger partial charge in [0.2, 0.25) is 0 Å². The molecule has 11 nitrogen and oxygen atoms in total. The maximum absolute atomic E-state index is 12.5. The Bertz CT molecular complexity index is 1410. The highest BCUT2D eigenvalue weighted by Gasteiger charge is 2.15. The lowest BCUT2D eigenvalue weighted by Crippen LogP contribution is -2.19. The molecule has 3 heterocycles. The molecule has 0 atom stereocenters. The summed E-state index contributed by atoms with van der Waals surface area (Å²) >= 11 is 0. The first-order valence-electron chi connectivity index (χ1n) is 12.1. The zero-order chi connectivity index (χ0) is 27.2. The van der Waals surface area contributed by atoms with Gasteiger partial charge in [-0.1, -0.05) is 0 Å². The molecule has 11 heteroatoms. The molecule has 1 aromatic carbocycles. The molecule has 0 radical (unpaired) electrons. The predicted molar refractivity (Wildman–Crippen MR) is 142 cm³/mol. The van der Waals surface area contributed by atoms with Crippen LogP contribution in [0, 0.1) is 20.8 Å². The van der Waals surface area contributed by atoms with Crippen molar-refractivity contribution in [2.45, 2.75) is 27.3 Å². The van der Waals surface area contributed by atoms with Gasteiger partial charge in [0.1, 0.15) is 36.3 Å². The largest absolute Gasteiger partial charge is 0.497 e. The summed E-state index contributed by atoms with van der Waals surface area (Å²) in [6, 6.07) is 12.8. The first-order chi connectivity index (χ1) is 18.2. The Kier molecular flexibility index (Phi) is 8.27. The molecule has 3 aromatic heterocycles. The van der Waals surface area contributed by atoms with Crippen molar-refractivity contribution in [3.05, 3.63) is 65.2 Å². The molecule has 0 unspecified atom stereocenters. The lowest BCUT2D eigenvalue weighted by Gasteiger charge is -2.14. The van der Waals surface area contributed by atoms with E-state index in [9.17, 15) is 4.79 Å². The lowest BCUT2D eigenvalue weighted by molar-refractivity contribution is 0.137. The summed E-state index contributed by atoms with van der Waals surface area (Å²) in [4.78, 5) is 23.6. The summed E-state index contributed by atoms with van der Waals surface area (Å²) in [6.07, 6.45) is -0.674. The van der Waals surface area contributed by atoms with Crippen LogP contribution >= 0.6 is 0 Å². The van der Waals surface area contributed by atoms with Crippen molar-refractivity contribution in [1.29, 1.82) is 0 Å². The fraction of sp³-hybridized carbons (Fsp3) is 0.333. The smallest absolute Gasteiger partial charge is 0.412 e. The van der Waals surface area contributed by atoms with Crippen LogP contribution in [-0.4, -0.2) is 65.2 Å². The van der Waals surface area contributed by atoms with E-state index in [0.717, 1.165) is 29.3 Å². The maximum atomic E-state index is 12.5. The van der Waals surface area contributed by atoms with Crippen molar-refractivity contribution in [3.63, 3.8) is 0 Å². The number of anilines is 1. The lowest BCUT2D eigenvalue weighted by atomic mass is 10.2. The molecule has 4 aromatic rings. The Morgan fingerprint density at radius 2 is 1.82 bits per heavy atom. The van der Waals surface area contributed by atoms with E-state index in [1.54, 1.807) is 30.0 Å². The predicted octanol–water partition coefficient (Wildman–Crippen LogP) is 4.55. The highest BCUT2D eigenvalue weighted by atomic mass is 16.6. The molecule has 0 bridgehead atoms. The van der Waals surface area contributed by atoms with Gasteiger partial charge in [0.15, 0.2) is 17.4 Å². The van der Waals surface area contributed by atoms with Gasteiger partial charge in [-0.2, -0.15) is 5.10 Å². The van der Waals surface area contributed by atoms with Crippen molar-refractivity contribution in [2.75, 3.05) is 39.7 Å². The molecule has 0 fully saturated rings. The number of aromatic nitrogens is 4. The number of hydrogen-bond acceptors (Lipinski definition) is 9. The number of carbonyl (C=O) groups is 1. The van der Waals surface area contributed by atoms with Crippen molar-refractivity contribution >= 4 is 11.9 Å². The van der Waals surface area contributed by atoms with Crippen LogP contribution in [0.4, 0.5) is 10.6 Å². The average molecular weight is 521 g/mol. The Hall–Kier alpha value is -4.38. The molecule has 1 N–H and O–H groups in total. The van der Waals surface area contributed by atoms with E-state index in [2.05, 4.69) is 25.3 Å². The molecule has 38 heavy (non-hydrogen) atoms. The average Bonchev–Trinajstić information content (AvgIpc) is 3.45. The van der Waals surface area contributed by atoms with E-state index < -0.39 is 6.09 Å². The van der Waals surface area contributed by atoms with Crippen molar-refractivity contribution < 1.29 is 23.4 Å². The number of nitrogens with one attached hydrogen (secondary N) is 1. The number of ether oxygens (including phenoxy) is 3. The monoisotopic (exact) mass is 520 g/mol. The van der Waals surface area contributed by atoms with Gasteiger partial charge in [-0.25, -0.2) is 19.4 Å². The van der Waals surface area contributed by atoms with E-state index in [0.29, 0.717) is 28.9 Å². The molecular weight excluding hydrogens is 488 g/mol. The highest BCUT2D eigenvalue weighted by molar-refractivity contribution is 5.83. The molecule has 200 valence electrons. The third-order valence-electron chi connectivity index (χ3n) is 5.39. The zero-order valence-corrected chi connectivity index (χ0v) is 22.4. The number of aryl methyl sites for hydroxylation is 3. The molecule has 0 aliphatic carbocycles. The Morgan fingerprint density at radius 1 is 1.03 bits per heavy atom. The number of amides is 1. The highest BCUT2D eigenvalue weighted by Crippen LogP contribution is 2.24. The van der Waals surface area contributed by atoms with Gasteiger partial charge in [0, 0.05) is 24.4 Å². The molecular formula is C27H32N6O5. The minimum absolute atomic E-state index is 0.0334. The number of rotatable bonds is 10. The molecule has 0 spiro atoms. The van der Waals surface area contributed by atoms with E-state index in [4.69, 9.17) is 18.6 Å². The van der Waals surface area contributed by atoms with E-state index in [-0.39, 0.29) is 19.0 Å². The zero-order valence-electron chi connectivity index (χ0n) is 22.4. The molecule has 0 aliphatic rings. The topological polar surface area (TPSA) is 117 Å². The standard InChI is InChI=1S/C27H32N6O5/c1-17-11-18(2)33(31-17)25-15-24(28-26(30-25)23-8-7-19(3)38-23)29-27(34)37-10-9-36-22-13-20(16-32(4)5)12-21(14-22)35-6/h7-8,11-15H,9-10,16H2,1-6H3,(H,28,29,30,34). The van der Waals surface area contributed by atoms with Crippen LogP contribution in [0.3, 0.4) is 0 Å². The minimum Gasteiger partial charge on any atom is -0.497 e. The third kappa shape index (κ3) is 6.88. The summed E-state index contributed by atoms with van der Waals surface area (Å²) in [5.74, 6) is 3.57. The number of furan rings is 1. The van der Waals surface area contributed by atoms with E-state index >= 15 is 0 Å². The van der Waals surface area contributed by atoms with Gasteiger partial charge >= 0.3 is 6.09 Å². The van der Waals surface area contributed by atoms with Crippen molar-refractivity contribution in [2.24, 2.45) is 0 Å². The molecule has 4 rings (SSSR count).